The average molecular weight is 285 g/mol. The number of piperidine rings is 1. The lowest BCUT2D eigenvalue weighted by Crippen LogP contribution is -2.59. The zero-order valence-corrected chi connectivity index (χ0v) is 12.7. The number of carbonyl (C=O) groups is 1. The van der Waals surface area contributed by atoms with Gasteiger partial charge in [0.05, 0.1) is 0 Å². The molecular weight excluding hydrogens is 262 g/mol. The normalized spacial score (nSPS) is 34.7. The maximum atomic E-state index is 10.7. The summed E-state index contributed by atoms with van der Waals surface area (Å²) in [4.78, 5) is 13.2. The molecule has 3 aliphatic rings. The Morgan fingerprint density at radius 2 is 2.24 bits per heavy atom. The molecule has 1 saturated carbocycles. The van der Waals surface area contributed by atoms with Gasteiger partial charge in [-0.25, -0.2) is 0 Å². The second-order valence-electron chi connectivity index (χ2n) is 7.04. The summed E-state index contributed by atoms with van der Waals surface area (Å²) in [7, 11) is 2.29. The van der Waals surface area contributed by atoms with Crippen molar-refractivity contribution in [1.82, 2.24) is 4.90 Å². The first-order valence-electron chi connectivity index (χ1n) is 8.18. The lowest BCUT2D eigenvalue weighted by Gasteiger charge is -2.58. The Morgan fingerprint density at radius 3 is 3.10 bits per heavy atom. The van der Waals surface area contributed by atoms with Crippen molar-refractivity contribution >= 4 is 6.47 Å². The molecule has 1 aliphatic heterocycles. The fourth-order valence-corrected chi connectivity index (χ4v) is 5.30. The monoisotopic (exact) mass is 285 g/mol. The van der Waals surface area contributed by atoms with Crippen LogP contribution in [0.4, 0.5) is 0 Å². The number of carbonyl (C=O) groups excluding carboxylic acids is 1. The Bertz CT molecular complexity index is 570. The first-order chi connectivity index (χ1) is 10.2. The maximum absolute atomic E-state index is 10.7. The van der Waals surface area contributed by atoms with E-state index in [9.17, 15) is 4.79 Å². The van der Waals surface area contributed by atoms with Crippen molar-refractivity contribution < 1.29 is 9.53 Å². The van der Waals surface area contributed by atoms with Crippen LogP contribution in [0.2, 0.25) is 0 Å². The molecular formula is C18H23NO2. The summed E-state index contributed by atoms with van der Waals surface area (Å²) in [5, 5.41) is 0. The van der Waals surface area contributed by atoms with Gasteiger partial charge in [0.2, 0.25) is 0 Å². The third-order valence-corrected chi connectivity index (χ3v) is 6.27. The fraction of sp³-hybridized carbons (Fsp3) is 0.611. The third-order valence-electron chi connectivity index (χ3n) is 6.27. The molecule has 2 bridgehead atoms. The van der Waals surface area contributed by atoms with Crippen LogP contribution in [0.25, 0.3) is 0 Å². The Hall–Kier alpha value is -1.35. The second-order valence-corrected chi connectivity index (χ2v) is 7.04. The predicted octanol–water partition coefficient (Wildman–Crippen LogP) is 2.91. The molecule has 2 aliphatic carbocycles. The molecule has 0 radical (unpaired) electrons. The summed E-state index contributed by atoms with van der Waals surface area (Å²) >= 11 is 0. The van der Waals surface area contributed by atoms with E-state index in [0.29, 0.717) is 23.7 Å². The van der Waals surface area contributed by atoms with Gasteiger partial charge < -0.3 is 9.64 Å². The zero-order valence-electron chi connectivity index (χ0n) is 12.7. The van der Waals surface area contributed by atoms with E-state index in [1.807, 2.05) is 6.07 Å². The van der Waals surface area contributed by atoms with Gasteiger partial charge in [0.1, 0.15) is 5.75 Å². The Labute approximate surface area is 126 Å². The van der Waals surface area contributed by atoms with Crippen LogP contribution in [0, 0.1) is 5.92 Å². The van der Waals surface area contributed by atoms with Crippen LogP contribution in [-0.2, 0) is 16.6 Å². The minimum absolute atomic E-state index is 0.339. The van der Waals surface area contributed by atoms with Crippen LogP contribution in [0.1, 0.15) is 43.2 Å². The van der Waals surface area contributed by atoms with Gasteiger partial charge in [-0.15, -0.1) is 0 Å². The van der Waals surface area contributed by atoms with Crippen molar-refractivity contribution in [2.24, 2.45) is 5.92 Å². The van der Waals surface area contributed by atoms with Gasteiger partial charge in [-0.05, 0) is 68.5 Å². The van der Waals surface area contributed by atoms with Crippen molar-refractivity contribution in [2.45, 2.75) is 50.0 Å². The molecule has 0 aromatic heterocycles. The lowest BCUT2D eigenvalue weighted by molar-refractivity contribution is -0.120. The number of ether oxygens (including phenoxy) is 1. The quantitative estimate of drug-likeness (QED) is 0.783. The van der Waals surface area contributed by atoms with E-state index >= 15 is 0 Å². The van der Waals surface area contributed by atoms with Gasteiger partial charge in [0, 0.05) is 11.5 Å². The minimum Gasteiger partial charge on any atom is -0.429 e. The van der Waals surface area contributed by atoms with E-state index in [-0.39, 0.29) is 0 Å². The van der Waals surface area contributed by atoms with E-state index in [1.165, 1.54) is 49.8 Å². The van der Waals surface area contributed by atoms with Crippen molar-refractivity contribution in [3.8, 4) is 5.75 Å². The topological polar surface area (TPSA) is 29.5 Å². The largest absolute Gasteiger partial charge is 0.429 e. The average Bonchev–Trinajstić information content (AvgIpc) is 2.52. The SMILES string of the molecule is CN1CC[C@]23CCCC[C@H]2[C@H]1Cc1ccc(OC=O)cc13. The summed E-state index contributed by atoms with van der Waals surface area (Å²) < 4.78 is 5.12. The molecule has 1 heterocycles. The molecule has 1 aromatic carbocycles. The molecule has 1 saturated heterocycles. The first kappa shape index (κ1) is 13.3. The van der Waals surface area contributed by atoms with Crippen LogP contribution in [0.15, 0.2) is 18.2 Å². The van der Waals surface area contributed by atoms with E-state index in [1.54, 1.807) is 0 Å². The van der Waals surface area contributed by atoms with E-state index < -0.39 is 0 Å². The van der Waals surface area contributed by atoms with Crippen molar-refractivity contribution in [1.29, 1.82) is 0 Å². The molecule has 3 atom stereocenters. The lowest BCUT2D eigenvalue weighted by atomic mass is 9.52. The van der Waals surface area contributed by atoms with Crippen molar-refractivity contribution in [3.05, 3.63) is 29.3 Å². The van der Waals surface area contributed by atoms with Gasteiger partial charge in [0.25, 0.3) is 6.47 Å². The molecule has 3 nitrogen and oxygen atoms in total. The van der Waals surface area contributed by atoms with Crippen LogP contribution < -0.4 is 4.74 Å². The van der Waals surface area contributed by atoms with Crippen molar-refractivity contribution in [2.75, 3.05) is 13.6 Å². The number of hydrogen-bond donors (Lipinski definition) is 0. The van der Waals surface area contributed by atoms with Gasteiger partial charge in [-0.1, -0.05) is 18.9 Å². The van der Waals surface area contributed by atoms with Crippen LogP contribution in [0.3, 0.4) is 0 Å². The smallest absolute Gasteiger partial charge is 0.298 e. The van der Waals surface area contributed by atoms with Crippen LogP contribution in [0.5, 0.6) is 5.75 Å². The molecule has 21 heavy (non-hydrogen) atoms. The summed E-state index contributed by atoms with van der Waals surface area (Å²) in [5.74, 6) is 1.49. The highest BCUT2D eigenvalue weighted by Crippen LogP contribution is 2.55. The molecule has 0 spiro atoms. The van der Waals surface area contributed by atoms with Gasteiger partial charge >= 0.3 is 0 Å². The molecule has 1 aromatic rings. The van der Waals surface area contributed by atoms with Crippen LogP contribution >= 0.6 is 0 Å². The number of rotatable bonds is 2. The molecule has 0 unspecified atom stereocenters. The number of likely N-dealkylation sites (N-methyl/N-ethyl adjacent to an activating group) is 1. The standard InChI is InChI=1S/C18H23NO2/c1-19-9-8-18-7-3-2-4-15(18)17(19)10-13-5-6-14(21-12-20)11-16(13)18/h5-6,11-12,15,17H,2-4,7-10H2,1H3/t15-,17+,18+/m0/s1. The highest BCUT2D eigenvalue weighted by atomic mass is 16.5. The summed E-state index contributed by atoms with van der Waals surface area (Å²) in [6.07, 6.45) is 7.77. The van der Waals surface area contributed by atoms with Gasteiger partial charge in [0.15, 0.2) is 0 Å². The Balaban J connectivity index is 1.85. The number of nitrogens with zero attached hydrogens (tertiary/aromatic N) is 1. The van der Waals surface area contributed by atoms with E-state index in [0.717, 1.165) is 12.3 Å². The summed E-state index contributed by atoms with van der Waals surface area (Å²) in [6.45, 7) is 1.73. The van der Waals surface area contributed by atoms with E-state index in [4.69, 9.17) is 4.74 Å². The number of fused-ring (bicyclic) bond motifs is 1. The van der Waals surface area contributed by atoms with Crippen molar-refractivity contribution in [3.63, 3.8) is 0 Å². The van der Waals surface area contributed by atoms with Gasteiger partial charge in [-0.2, -0.15) is 0 Å². The Morgan fingerprint density at radius 1 is 1.33 bits per heavy atom. The van der Waals surface area contributed by atoms with Gasteiger partial charge in [-0.3, -0.25) is 4.79 Å². The number of likely N-dealkylation sites (tertiary alicyclic amines) is 1. The number of benzene rings is 1. The highest BCUT2D eigenvalue weighted by Gasteiger charge is 2.53. The maximum Gasteiger partial charge on any atom is 0.298 e. The molecule has 112 valence electrons. The molecule has 0 N–H and O–H groups in total. The van der Waals surface area contributed by atoms with Crippen LogP contribution in [-0.4, -0.2) is 31.0 Å². The molecule has 2 fully saturated rings. The molecule has 4 rings (SSSR count). The Kier molecular flexibility index (Phi) is 3.07. The fourth-order valence-electron chi connectivity index (χ4n) is 5.30. The van der Waals surface area contributed by atoms with E-state index in [2.05, 4.69) is 24.1 Å². The zero-order chi connectivity index (χ0) is 14.4. The predicted molar refractivity (Wildman–Crippen MR) is 81.5 cm³/mol. The third kappa shape index (κ3) is 1.87. The second kappa shape index (κ2) is 4.84. The highest BCUT2D eigenvalue weighted by molar-refractivity contribution is 5.50. The number of hydrogen-bond acceptors (Lipinski definition) is 3. The summed E-state index contributed by atoms with van der Waals surface area (Å²) in [6, 6.07) is 6.99. The first-order valence-corrected chi connectivity index (χ1v) is 8.18. The summed E-state index contributed by atoms with van der Waals surface area (Å²) in [5.41, 5.74) is 3.30. The molecule has 3 heteroatoms. The molecule has 0 amide bonds. The minimum atomic E-state index is 0.339.